The molecule has 162 valence electrons. The van der Waals surface area contributed by atoms with Gasteiger partial charge >= 0.3 is 6.03 Å². The van der Waals surface area contributed by atoms with Crippen molar-refractivity contribution in [3.63, 3.8) is 0 Å². The molecule has 2 heterocycles. The molecular weight excluding hydrogens is 430 g/mol. The number of imide groups is 1. The Labute approximate surface area is 188 Å². The molecule has 2 N–H and O–H groups in total. The van der Waals surface area contributed by atoms with E-state index in [1.165, 1.54) is 24.9 Å². The molecule has 1 aliphatic rings. The standard InChI is InChI=1S/C23H19N3O5S/c1-30-19-10-6-5-9-17(19)24-20(27)14-26-22(28)18(25-23(26)29)13-15-11-12-21(31-15)32-16-7-3-2-4-8-16/h2-13H,14H2,1H3,(H,24,27)(H,25,29)/b18-13+. The van der Waals surface area contributed by atoms with E-state index in [0.717, 1.165) is 9.80 Å². The normalized spacial score (nSPS) is 14.5. The highest BCUT2D eigenvalue weighted by molar-refractivity contribution is 7.99. The molecule has 0 saturated carbocycles. The first-order valence-electron chi connectivity index (χ1n) is 9.63. The quantitative estimate of drug-likeness (QED) is 0.418. The van der Waals surface area contributed by atoms with Gasteiger partial charge in [0, 0.05) is 11.0 Å². The summed E-state index contributed by atoms with van der Waals surface area (Å²) in [5.41, 5.74) is 0.479. The fourth-order valence-corrected chi connectivity index (χ4v) is 3.81. The van der Waals surface area contributed by atoms with Gasteiger partial charge in [0.1, 0.15) is 23.8 Å². The zero-order chi connectivity index (χ0) is 22.5. The third kappa shape index (κ3) is 4.84. The maximum atomic E-state index is 12.7. The van der Waals surface area contributed by atoms with Gasteiger partial charge in [0.2, 0.25) is 5.91 Å². The molecule has 1 aromatic heterocycles. The number of hydrogen-bond donors (Lipinski definition) is 2. The number of amides is 4. The summed E-state index contributed by atoms with van der Waals surface area (Å²) >= 11 is 1.44. The summed E-state index contributed by atoms with van der Waals surface area (Å²) < 4.78 is 10.9. The third-order valence-electron chi connectivity index (χ3n) is 4.50. The van der Waals surface area contributed by atoms with Crippen molar-refractivity contribution in [3.05, 3.63) is 78.2 Å². The van der Waals surface area contributed by atoms with Gasteiger partial charge in [-0.05, 0) is 36.4 Å². The number of anilines is 1. The molecule has 1 fully saturated rings. The molecule has 4 amide bonds. The Balaban J connectivity index is 1.41. The second kappa shape index (κ2) is 9.44. The minimum atomic E-state index is -0.679. The molecule has 0 radical (unpaired) electrons. The van der Waals surface area contributed by atoms with Crippen LogP contribution in [0.3, 0.4) is 0 Å². The molecule has 8 nitrogen and oxygen atoms in total. The average molecular weight is 449 g/mol. The number of hydrogen-bond acceptors (Lipinski definition) is 6. The number of carbonyl (C=O) groups excluding carboxylic acids is 3. The Morgan fingerprint density at radius 3 is 2.62 bits per heavy atom. The molecule has 0 atom stereocenters. The summed E-state index contributed by atoms with van der Waals surface area (Å²) in [6, 6.07) is 19.4. The summed E-state index contributed by atoms with van der Waals surface area (Å²) in [6.45, 7) is -0.437. The first kappa shape index (κ1) is 21.3. The molecular formula is C23H19N3O5S. The number of benzene rings is 2. The van der Waals surface area contributed by atoms with Crippen LogP contribution in [0.4, 0.5) is 10.5 Å². The van der Waals surface area contributed by atoms with Crippen molar-refractivity contribution in [2.75, 3.05) is 19.0 Å². The minimum absolute atomic E-state index is 0.0331. The van der Waals surface area contributed by atoms with Crippen molar-refractivity contribution >= 4 is 41.4 Å². The Morgan fingerprint density at radius 1 is 1.09 bits per heavy atom. The molecule has 3 aromatic rings. The molecule has 1 saturated heterocycles. The zero-order valence-electron chi connectivity index (χ0n) is 17.0. The monoisotopic (exact) mass is 449 g/mol. The van der Waals surface area contributed by atoms with Gasteiger partial charge in [0.25, 0.3) is 5.91 Å². The molecule has 4 rings (SSSR count). The number of nitrogens with one attached hydrogen (secondary N) is 2. The minimum Gasteiger partial charge on any atom is -0.495 e. The van der Waals surface area contributed by atoms with Gasteiger partial charge < -0.3 is 19.8 Å². The van der Waals surface area contributed by atoms with E-state index < -0.39 is 24.4 Å². The topological polar surface area (TPSA) is 101 Å². The Hall–Kier alpha value is -3.98. The predicted molar refractivity (Wildman–Crippen MR) is 119 cm³/mol. The predicted octanol–water partition coefficient (Wildman–Crippen LogP) is 3.97. The van der Waals surface area contributed by atoms with E-state index in [9.17, 15) is 14.4 Å². The summed E-state index contributed by atoms with van der Waals surface area (Å²) in [5.74, 6) is -0.259. The maximum absolute atomic E-state index is 12.7. The van der Waals surface area contributed by atoms with E-state index in [0.29, 0.717) is 22.3 Å². The van der Waals surface area contributed by atoms with Gasteiger partial charge in [-0.25, -0.2) is 9.69 Å². The van der Waals surface area contributed by atoms with E-state index in [1.807, 2.05) is 30.3 Å². The molecule has 0 bridgehead atoms. The van der Waals surface area contributed by atoms with Crippen molar-refractivity contribution in [2.24, 2.45) is 0 Å². The van der Waals surface area contributed by atoms with Crippen LogP contribution in [0.5, 0.6) is 5.75 Å². The van der Waals surface area contributed by atoms with Crippen LogP contribution in [0.2, 0.25) is 0 Å². The van der Waals surface area contributed by atoms with Gasteiger partial charge in [-0.2, -0.15) is 0 Å². The molecule has 0 spiro atoms. The number of nitrogens with zero attached hydrogens (tertiary/aromatic N) is 1. The highest BCUT2D eigenvalue weighted by Crippen LogP contribution is 2.30. The second-order valence-electron chi connectivity index (χ2n) is 6.70. The first-order valence-corrected chi connectivity index (χ1v) is 10.5. The fourth-order valence-electron chi connectivity index (χ4n) is 3.01. The average Bonchev–Trinajstić information content (AvgIpc) is 3.34. The van der Waals surface area contributed by atoms with Crippen LogP contribution in [0.25, 0.3) is 6.08 Å². The number of ether oxygens (including phenoxy) is 1. The highest BCUT2D eigenvalue weighted by atomic mass is 32.2. The number of methoxy groups -OCH3 is 1. The summed E-state index contributed by atoms with van der Waals surface area (Å²) in [7, 11) is 1.48. The molecule has 2 aromatic carbocycles. The number of urea groups is 1. The number of rotatable bonds is 7. The van der Waals surface area contributed by atoms with Crippen LogP contribution in [0.15, 0.2) is 86.8 Å². The van der Waals surface area contributed by atoms with Crippen molar-refractivity contribution < 1.29 is 23.5 Å². The molecule has 1 aliphatic heterocycles. The summed E-state index contributed by atoms with van der Waals surface area (Å²) in [5, 5.41) is 5.77. The van der Waals surface area contributed by atoms with E-state index in [-0.39, 0.29) is 5.70 Å². The van der Waals surface area contributed by atoms with E-state index in [4.69, 9.17) is 9.15 Å². The maximum Gasteiger partial charge on any atom is 0.329 e. The van der Waals surface area contributed by atoms with Gasteiger partial charge in [0.05, 0.1) is 12.8 Å². The Kier molecular flexibility index (Phi) is 6.27. The number of para-hydroxylation sites is 2. The van der Waals surface area contributed by atoms with E-state index in [1.54, 1.807) is 36.4 Å². The van der Waals surface area contributed by atoms with Crippen LogP contribution < -0.4 is 15.4 Å². The number of carbonyl (C=O) groups is 3. The van der Waals surface area contributed by atoms with Crippen molar-refractivity contribution in [3.8, 4) is 5.75 Å². The summed E-state index contributed by atoms with van der Waals surface area (Å²) in [6.07, 6.45) is 1.44. The SMILES string of the molecule is COc1ccccc1NC(=O)CN1C(=O)N/C(=C/c2ccc(Sc3ccccc3)o2)C1=O. The number of furan rings is 1. The van der Waals surface area contributed by atoms with Crippen molar-refractivity contribution in [1.82, 2.24) is 10.2 Å². The van der Waals surface area contributed by atoms with E-state index in [2.05, 4.69) is 10.6 Å². The Morgan fingerprint density at radius 2 is 1.84 bits per heavy atom. The zero-order valence-corrected chi connectivity index (χ0v) is 17.8. The van der Waals surface area contributed by atoms with Crippen LogP contribution in [-0.2, 0) is 9.59 Å². The lowest BCUT2D eigenvalue weighted by atomic mass is 10.3. The summed E-state index contributed by atoms with van der Waals surface area (Å²) in [4.78, 5) is 39.1. The smallest absolute Gasteiger partial charge is 0.329 e. The fraction of sp³-hybridized carbons (Fsp3) is 0.0870. The third-order valence-corrected chi connectivity index (χ3v) is 5.42. The lowest BCUT2D eigenvalue weighted by Gasteiger charge is -2.13. The molecule has 0 unspecified atom stereocenters. The first-order chi connectivity index (χ1) is 15.5. The van der Waals surface area contributed by atoms with Gasteiger partial charge in [0.15, 0.2) is 5.09 Å². The van der Waals surface area contributed by atoms with Gasteiger partial charge in [-0.15, -0.1) is 0 Å². The molecule has 9 heteroatoms. The largest absolute Gasteiger partial charge is 0.495 e. The van der Waals surface area contributed by atoms with Crippen molar-refractivity contribution in [2.45, 2.75) is 9.99 Å². The van der Waals surface area contributed by atoms with Crippen LogP contribution in [-0.4, -0.2) is 36.4 Å². The lowest BCUT2D eigenvalue weighted by Crippen LogP contribution is -2.38. The molecule has 32 heavy (non-hydrogen) atoms. The highest BCUT2D eigenvalue weighted by Gasteiger charge is 2.35. The van der Waals surface area contributed by atoms with Crippen LogP contribution in [0, 0.1) is 0 Å². The Bertz CT molecular complexity index is 1190. The lowest BCUT2D eigenvalue weighted by molar-refractivity contribution is -0.127. The molecule has 0 aliphatic carbocycles. The van der Waals surface area contributed by atoms with Crippen LogP contribution >= 0.6 is 11.8 Å². The van der Waals surface area contributed by atoms with Gasteiger partial charge in [-0.1, -0.05) is 42.1 Å². The second-order valence-corrected chi connectivity index (χ2v) is 7.78. The van der Waals surface area contributed by atoms with Crippen molar-refractivity contribution in [1.29, 1.82) is 0 Å². The van der Waals surface area contributed by atoms with Gasteiger partial charge in [-0.3, -0.25) is 9.59 Å². The van der Waals surface area contributed by atoms with Crippen LogP contribution in [0.1, 0.15) is 5.76 Å². The van der Waals surface area contributed by atoms with E-state index >= 15 is 0 Å².